The minimum Gasteiger partial charge on any atom is -0.382 e. The Balaban J connectivity index is 1.47. The Hall–Kier alpha value is -2.08. The van der Waals surface area contributed by atoms with Crippen molar-refractivity contribution in [3.05, 3.63) is 42.2 Å². The molecule has 26 heavy (non-hydrogen) atoms. The average molecular weight is 368 g/mol. The zero-order valence-corrected chi connectivity index (χ0v) is 15.8. The minimum absolute atomic E-state index is 0.486. The van der Waals surface area contributed by atoms with Gasteiger partial charge in [0.05, 0.1) is 6.33 Å². The highest BCUT2D eigenvalue weighted by Gasteiger charge is 2.17. The van der Waals surface area contributed by atoms with E-state index in [2.05, 4.69) is 38.8 Å². The molecule has 2 heterocycles. The van der Waals surface area contributed by atoms with Crippen molar-refractivity contribution >= 4 is 28.7 Å². The number of rotatable bonds is 6. The van der Waals surface area contributed by atoms with Gasteiger partial charge in [-0.2, -0.15) is 0 Å². The summed E-state index contributed by atoms with van der Waals surface area (Å²) >= 11 is 1.66. The van der Waals surface area contributed by atoms with Gasteiger partial charge in [0.25, 0.3) is 0 Å². The van der Waals surface area contributed by atoms with Crippen molar-refractivity contribution in [1.29, 1.82) is 0 Å². The molecule has 0 spiro atoms. The third-order valence-electron chi connectivity index (χ3n) is 5.11. The largest absolute Gasteiger partial charge is 0.382 e. The van der Waals surface area contributed by atoms with Gasteiger partial charge in [-0.25, -0.2) is 15.0 Å². The third-order valence-corrected chi connectivity index (χ3v) is 5.96. The van der Waals surface area contributed by atoms with E-state index in [1.165, 1.54) is 37.7 Å². The van der Waals surface area contributed by atoms with Gasteiger partial charge in [0.2, 0.25) is 0 Å². The lowest BCUT2D eigenvalue weighted by molar-refractivity contribution is 0.321. The Labute approximate surface area is 158 Å². The quantitative estimate of drug-likeness (QED) is 0.519. The van der Waals surface area contributed by atoms with Crippen molar-refractivity contribution < 1.29 is 0 Å². The van der Waals surface area contributed by atoms with Crippen LogP contribution in [0.25, 0.3) is 11.2 Å². The first kappa shape index (κ1) is 17.3. The summed E-state index contributed by atoms with van der Waals surface area (Å²) in [7, 11) is 0. The maximum absolute atomic E-state index is 6.15. The smallest absolute Gasteiger partial charge is 0.191 e. The van der Waals surface area contributed by atoms with Crippen molar-refractivity contribution in [2.24, 2.45) is 5.92 Å². The molecule has 0 atom stereocenters. The van der Waals surface area contributed by atoms with Crippen LogP contribution in [0.4, 0.5) is 5.82 Å². The van der Waals surface area contributed by atoms with Crippen LogP contribution in [0.3, 0.4) is 0 Å². The van der Waals surface area contributed by atoms with Gasteiger partial charge < -0.3 is 10.3 Å². The van der Waals surface area contributed by atoms with Gasteiger partial charge in [0.15, 0.2) is 16.6 Å². The number of fused-ring (bicyclic) bond motifs is 1. The first-order chi connectivity index (χ1) is 12.8. The van der Waals surface area contributed by atoms with Gasteiger partial charge in [-0.15, -0.1) is 0 Å². The predicted octanol–water partition coefficient (Wildman–Crippen LogP) is 4.32. The molecule has 0 unspecified atom stereocenters. The zero-order chi connectivity index (χ0) is 17.8. The molecular formula is C20H25N5S. The van der Waals surface area contributed by atoms with Gasteiger partial charge in [0.1, 0.15) is 5.52 Å². The predicted molar refractivity (Wildman–Crippen MR) is 107 cm³/mol. The highest BCUT2D eigenvalue weighted by atomic mass is 32.2. The molecular weight excluding hydrogens is 342 g/mol. The number of thioether (sulfide) groups is 1. The number of hydrogen-bond acceptors (Lipinski definition) is 5. The van der Waals surface area contributed by atoms with Crippen LogP contribution < -0.4 is 5.73 Å². The van der Waals surface area contributed by atoms with E-state index in [1.54, 1.807) is 11.8 Å². The van der Waals surface area contributed by atoms with Gasteiger partial charge in [-0.1, -0.05) is 61.4 Å². The van der Waals surface area contributed by atoms with Crippen molar-refractivity contribution in [3.63, 3.8) is 0 Å². The molecule has 1 aliphatic rings. The molecule has 1 saturated carbocycles. The topological polar surface area (TPSA) is 69.6 Å². The number of benzene rings is 1. The number of nitrogens with zero attached hydrogens (tertiary/aromatic N) is 4. The molecule has 2 aromatic heterocycles. The monoisotopic (exact) mass is 367 g/mol. The Morgan fingerprint density at radius 1 is 1.08 bits per heavy atom. The fourth-order valence-corrected chi connectivity index (χ4v) is 4.53. The van der Waals surface area contributed by atoms with E-state index in [9.17, 15) is 0 Å². The Morgan fingerprint density at radius 3 is 2.69 bits per heavy atom. The van der Waals surface area contributed by atoms with Crippen molar-refractivity contribution in [2.45, 2.75) is 50.2 Å². The minimum atomic E-state index is 0.486. The van der Waals surface area contributed by atoms with Crippen LogP contribution in [0.2, 0.25) is 0 Å². The number of nitrogens with two attached hydrogens (primary N) is 1. The standard InChI is InChI=1S/C20H25N5S/c21-18-17-19(25(14-22-17)13-16-9-5-2-6-10-16)24-20(23-18)26-12-11-15-7-3-1-4-8-15/h1,3-4,7-8,14,16H,2,5-6,9-13H2,(H2,21,23,24). The molecule has 0 radical (unpaired) electrons. The van der Waals surface area contributed by atoms with Crippen LogP contribution in [-0.4, -0.2) is 25.3 Å². The number of anilines is 1. The first-order valence-electron chi connectivity index (χ1n) is 9.44. The SMILES string of the molecule is Nc1nc(SCCc2ccccc2)nc2c1ncn2CC1CCCCC1. The van der Waals surface area contributed by atoms with Crippen molar-refractivity contribution in [1.82, 2.24) is 19.5 Å². The molecule has 0 bridgehead atoms. The Bertz CT molecular complexity index is 855. The molecule has 1 aliphatic carbocycles. The van der Waals surface area contributed by atoms with Gasteiger partial charge >= 0.3 is 0 Å². The Kier molecular flexibility index (Phi) is 5.39. The third kappa shape index (κ3) is 4.01. The highest BCUT2D eigenvalue weighted by Crippen LogP contribution is 2.27. The van der Waals surface area contributed by atoms with Crippen molar-refractivity contribution in [2.75, 3.05) is 11.5 Å². The van der Waals surface area contributed by atoms with E-state index in [4.69, 9.17) is 10.7 Å². The lowest BCUT2D eigenvalue weighted by Crippen LogP contribution is -2.14. The van der Waals surface area contributed by atoms with Crippen LogP contribution in [-0.2, 0) is 13.0 Å². The average Bonchev–Trinajstić information content (AvgIpc) is 3.07. The number of aromatic nitrogens is 4. The summed E-state index contributed by atoms with van der Waals surface area (Å²) in [5.74, 6) is 2.15. The summed E-state index contributed by atoms with van der Waals surface area (Å²) in [5, 5.41) is 0.747. The van der Waals surface area contributed by atoms with Crippen LogP contribution in [0, 0.1) is 5.92 Å². The molecule has 6 heteroatoms. The molecule has 0 saturated heterocycles. The summed E-state index contributed by atoms with van der Waals surface area (Å²) in [6, 6.07) is 10.5. The first-order valence-corrected chi connectivity index (χ1v) is 10.4. The Morgan fingerprint density at radius 2 is 1.88 bits per heavy atom. The maximum atomic E-state index is 6.15. The van der Waals surface area contributed by atoms with Gasteiger partial charge in [-0.3, -0.25) is 0 Å². The van der Waals surface area contributed by atoms with Crippen LogP contribution in [0.5, 0.6) is 0 Å². The van der Waals surface area contributed by atoms with Crippen molar-refractivity contribution in [3.8, 4) is 0 Å². The fourth-order valence-electron chi connectivity index (χ4n) is 3.70. The second-order valence-electron chi connectivity index (χ2n) is 7.05. The summed E-state index contributed by atoms with van der Waals surface area (Å²) < 4.78 is 2.17. The zero-order valence-electron chi connectivity index (χ0n) is 15.0. The lowest BCUT2D eigenvalue weighted by Gasteiger charge is -2.21. The van der Waals surface area contributed by atoms with E-state index in [-0.39, 0.29) is 0 Å². The van der Waals surface area contributed by atoms with E-state index in [0.717, 1.165) is 41.0 Å². The summed E-state index contributed by atoms with van der Waals surface area (Å²) in [6.07, 6.45) is 9.54. The molecule has 0 amide bonds. The summed E-state index contributed by atoms with van der Waals surface area (Å²) in [4.78, 5) is 13.7. The lowest BCUT2D eigenvalue weighted by atomic mass is 9.89. The molecule has 4 rings (SSSR count). The molecule has 3 aromatic rings. The van der Waals surface area contributed by atoms with Gasteiger partial charge in [-0.05, 0) is 30.7 Å². The van der Waals surface area contributed by atoms with Crippen LogP contribution in [0.1, 0.15) is 37.7 Å². The normalized spacial score (nSPS) is 15.5. The van der Waals surface area contributed by atoms with Crippen LogP contribution >= 0.6 is 11.8 Å². The molecule has 0 aliphatic heterocycles. The molecule has 136 valence electrons. The van der Waals surface area contributed by atoms with E-state index < -0.39 is 0 Å². The summed E-state index contributed by atoms with van der Waals surface area (Å²) in [6.45, 7) is 0.987. The van der Waals surface area contributed by atoms with E-state index in [1.807, 2.05) is 12.4 Å². The number of imidazole rings is 1. The summed E-state index contributed by atoms with van der Waals surface area (Å²) in [5.41, 5.74) is 9.09. The number of nitrogen functional groups attached to an aromatic ring is 1. The highest BCUT2D eigenvalue weighted by molar-refractivity contribution is 7.99. The fraction of sp³-hybridized carbons (Fsp3) is 0.450. The maximum Gasteiger partial charge on any atom is 0.191 e. The second kappa shape index (κ2) is 8.08. The number of hydrogen-bond donors (Lipinski definition) is 1. The van der Waals surface area contributed by atoms with E-state index >= 15 is 0 Å². The number of aryl methyl sites for hydroxylation is 1. The van der Waals surface area contributed by atoms with E-state index in [0.29, 0.717) is 5.82 Å². The molecule has 1 fully saturated rings. The molecule has 2 N–H and O–H groups in total. The van der Waals surface area contributed by atoms with Crippen LogP contribution in [0.15, 0.2) is 41.8 Å². The second-order valence-corrected chi connectivity index (χ2v) is 8.11. The molecule has 5 nitrogen and oxygen atoms in total. The van der Waals surface area contributed by atoms with Gasteiger partial charge in [0, 0.05) is 12.3 Å². The molecule has 1 aromatic carbocycles.